The number of hydrogen-bond acceptors (Lipinski definition) is 10. The molecule has 2 aromatic carbocycles. The van der Waals surface area contributed by atoms with Crippen molar-refractivity contribution in [2.75, 3.05) is 25.7 Å². The number of ether oxygens (including phenoxy) is 4. The molecule has 2 fully saturated rings. The van der Waals surface area contributed by atoms with Gasteiger partial charge in [-0.25, -0.2) is 9.59 Å². The van der Waals surface area contributed by atoms with E-state index in [1.165, 1.54) is 52.7 Å². The molecule has 2 aliphatic heterocycles. The molecule has 0 radical (unpaired) electrons. The van der Waals surface area contributed by atoms with Crippen molar-refractivity contribution in [1.29, 1.82) is 0 Å². The van der Waals surface area contributed by atoms with Crippen LogP contribution in [-0.4, -0.2) is 82.9 Å². The Morgan fingerprint density at radius 3 is 1.35 bits per heavy atom. The summed E-state index contributed by atoms with van der Waals surface area (Å²) in [6.07, 6.45) is 24.7. The number of carbonyl (C=O) groups is 4. The molecule has 4 rings (SSSR count). The zero-order valence-electron chi connectivity index (χ0n) is 41.5. The van der Waals surface area contributed by atoms with Crippen LogP contribution in [0.25, 0.3) is 0 Å². The number of hydrogen-bond donors (Lipinski definition) is 0. The molecule has 1 unspecified atom stereocenters. The SMILES string of the molecule is C=CC1CS[C@H](c2ccccc2)N1C(=O)OC(C)(C)C.C=CCCCCCCCCC(=O)OC.COC(=O)CCCCCCCC/C=C/[C@@H]1CS[C@H](c2ccccc2)N1C(=O)OC(C)(C)C. The normalized spacial score (nSPS) is 18.1. The lowest BCUT2D eigenvalue weighted by Crippen LogP contribution is -2.40. The average molecular weight is 951 g/mol. The summed E-state index contributed by atoms with van der Waals surface area (Å²) in [7, 11) is 2.88. The molecule has 368 valence electrons. The van der Waals surface area contributed by atoms with Crippen LogP contribution in [0, 0.1) is 0 Å². The van der Waals surface area contributed by atoms with Crippen molar-refractivity contribution in [1.82, 2.24) is 9.80 Å². The predicted molar refractivity (Wildman–Crippen MR) is 274 cm³/mol. The van der Waals surface area contributed by atoms with E-state index in [0.29, 0.717) is 12.8 Å². The molecule has 0 aliphatic carbocycles. The van der Waals surface area contributed by atoms with Crippen LogP contribution in [0.15, 0.2) is 98.1 Å². The fraction of sp³-hybridized carbons (Fsp3) is 0.593. The molecule has 2 aliphatic rings. The van der Waals surface area contributed by atoms with E-state index in [1.54, 1.807) is 28.4 Å². The van der Waals surface area contributed by atoms with Gasteiger partial charge in [-0.2, -0.15) is 0 Å². The summed E-state index contributed by atoms with van der Waals surface area (Å²) in [4.78, 5) is 51.0. The summed E-state index contributed by atoms with van der Waals surface area (Å²) in [6, 6.07) is 20.3. The van der Waals surface area contributed by atoms with Gasteiger partial charge in [-0.3, -0.25) is 19.4 Å². The van der Waals surface area contributed by atoms with Crippen molar-refractivity contribution in [3.05, 3.63) is 109 Å². The highest BCUT2D eigenvalue weighted by Crippen LogP contribution is 2.43. The lowest BCUT2D eigenvalue weighted by atomic mass is 10.1. The van der Waals surface area contributed by atoms with Gasteiger partial charge in [-0.05, 0) is 91.2 Å². The van der Waals surface area contributed by atoms with E-state index in [0.717, 1.165) is 74.0 Å². The van der Waals surface area contributed by atoms with Gasteiger partial charge in [0, 0.05) is 24.3 Å². The minimum Gasteiger partial charge on any atom is -0.469 e. The minimum atomic E-state index is -0.517. The van der Waals surface area contributed by atoms with Crippen molar-refractivity contribution in [3.63, 3.8) is 0 Å². The molecular formula is C54H82N2O8S2. The number of nitrogens with zero attached hydrogens (tertiary/aromatic N) is 2. The van der Waals surface area contributed by atoms with E-state index in [-0.39, 0.29) is 47.0 Å². The quantitative estimate of drug-likeness (QED) is 0.0489. The predicted octanol–water partition coefficient (Wildman–Crippen LogP) is 14.6. The molecule has 12 heteroatoms. The van der Waals surface area contributed by atoms with Crippen LogP contribution in [0.3, 0.4) is 0 Å². The second-order valence-electron chi connectivity index (χ2n) is 18.5. The Balaban J connectivity index is 0.000000375. The third-order valence-electron chi connectivity index (χ3n) is 10.6. The van der Waals surface area contributed by atoms with Crippen molar-refractivity contribution in [2.45, 2.75) is 178 Å². The van der Waals surface area contributed by atoms with Crippen molar-refractivity contribution < 1.29 is 38.1 Å². The molecule has 4 atom stereocenters. The molecule has 0 bridgehead atoms. The summed E-state index contributed by atoms with van der Waals surface area (Å²) in [6.45, 7) is 18.9. The van der Waals surface area contributed by atoms with Crippen LogP contribution in [0.5, 0.6) is 0 Å². The number of esters is 2. The first-order valence-electron chi connectivity index (χ1n) is 23.9. The van der Waals surface area contributed by atoms with Gasteiger partial charge in [0.25, 0.3) is 0 Å². The van der Waals surface area contributed by atoms with E-state index in [4.69, 9.17) is 9.47 Å². The van der Waals surface area contributed by atoms with Gasteiger partial charge in [0.2, 0.25) is 0 Å². The van der Waals surface area contributed by atoms with Crippen LogP contribution in [0.1, 0.15) is 166 Å². The standard InChI is InChI=1S/C26H39NO4S.C16H21NO2S.C12H22O2/c1-26(2,3)31-25(29)27-22(20-32-24(27)21-16-12-11-13-17-21)18-14-9-7-5-6-8-10-15-19-23(28)30-4;1-5-13-11-20-14(12-9-7-6-8-10-12)17(13)15(18)19-16(2,3)4;1-3-4-5-6-7-8-9-10-11-12(13)14-2/h11-14,16-18,22,24H,5-10,15,19-20H2,1-4H3;5-10,13-14H,1,11H2,2-4H3;3H,1,4-11H2,2H3/b18-14+;;/t22-,24-;13?,14-;/m11./s1. The van der Waals surface area contributed by atoms with Gasteiger partial charge in [0.15, 0.2) is 0 Å². The maximum absolute atomic E-state index is 13.0. The van der Waals surface area contributed by atoms with Crippen LogP contribution in [0.4, 0.5) is 9.59 Å². The number of rotatable bonds is 22. The maximum atomic E-state index is 13.0. The molecule has 2 heterocycles. The van der Waals surface area contributed by atoms with Crippen LogP contribution >= 0.6 is 23.5 Å². The number of thioether (sulfide) groups is 2. The zero-order chi connectivity index (χ0) is 48.8. The number of allylic oxidation sites excluding steroid dienone is 2. The van der Waals surface area contributed by atoms with E-state index >= 15 is 0 Å². The highest BCUT2D eigenvalue weighted by molar-refractivity contribution is 8.00. The molecule has 2 amide bonds. The summed E-state index contributed by atoms with van der Waals surface area (Å²) in [5.74, 6) is 1.52. The maximum Gasteiger partial charge on any atom is 0.411 e. The van der Waals surface area contributed by atoms with Crippen molar-refractivity contribution >= 4 is 47.6 Å². The Morgan fingerprint density at radius 2 is 0.955 bits per heavy atom. The lowest BCUT2D eigenvalue weighted by Gasteiger charge is -2.31. The minimum absolute atomic E-state index is 0.00551. The van der Waals surface area contributed by atoms with Crippen LogP contribution < -0.4 is 0 Å². The third kappa shape index (κ3) is 24.0. The van der Waals surface area contributed by atoms with Gasteiger partial charge >= 0.3 is 24.1 Å². The molecule has 10 nitrogen and oxygen atoms in total. The summed E-state index contributed by atoms with van der Waals surface area (Å²) in [5, 5.41) is -0.0280. The molecule has 2 aromatic rings. The molecule has 0 spiro atoms. The van der Waals surface area contributed by atoms with Gasteiger partial charge in [-0.15, -0.1) is 36.7 Å². The third-order valence-corrected chi connectivity index (χ3v) is 13.3. The highest BCUT2D eigenvalue weighted by atomic mass is 32.2. The number of amides is 2. The second kappa shape index (κ2) is 32.5. The molecular weight excluding hydrogens is 869 g/mol. The smallest absolute Gasteiger partial charge is 0.411 e. The van der Waals surface area contributed by atoms with Gasteiger partial charge in [-0.1, -0.05) is 136 Å². The average Bonchev–Trinajstić information content (AvgIpc) is 3.93. The van der Waals surface area contributed by atoms with E-state index in [2.05, 4.69) is 46.9 Å². The van der Waals surface area contributed by atoms with E-state index in [9.17, 15) is 19.2 Å². The molecule has 66 heavy (non-hydrogen) atoms. The zero-order valence-corrected chi connectivity index (χ0v) is 43.1. The fourth-order valence-corrected chi connectivity index (χ4v) is 10.0. The second-order valence-corrected chi connectivity index (χ2v) is 20.8. The fourth-order valence-electron chi connectivity index (χ4n) is 7.18. The first kappa shape index (κ1) is 58.0. The Morgan fingerprint density at radius 1 is 0.576 bits per heavy atom. The Hall–Kier alpha value is -4.16. The molecule has 0 aromatic heterocycles. The monoisotopic (exact) mass is 951 g/mol. The van der Waals surface area contributed by atoms with Crippen LogP contribution in [0.2, 0.25) is 0 Å². The molecule has 0 saturated carbocycles. The van der Waals surface area contributed by atoms with Crippen molar-refractivity contribution in [2.24, 2.45) is 0 Å². The van der Waals surface area contributed by atoms with E-state index in [1.807, 2.05) is 107 Å². The van der Waals surface area contributed by atoms with Gasteiger partial charge in [0.05, 0.1) is 26.3 Å². The highest BCUT2D eigenvalue weighted by Gasteiger charge is 2.40. The van der Waals surface area contributed by atoms with Crippen LogP contribution in [-0.2, 0) is 28.5 Å². The number of unbranched alkanes of at least 4 members (excludes halogenated alkanes) is 12. The first-order valence-corrected chi connectivity index (χ1v) is 26.0. The van der Waals surface area contributed by atoms with Crippen molar-refractivity contribution in [3.8, 4) is 0 Å². The number of carbonyl (C=O) groups excluding carboxylic acids is 4. The molecule has 2 saturated heterocycles. The summed E-state index contributed by atoms with van der Waals surface area (Å²) < 4.78 is 20.5. The summed E-state index contributed by atoms with van der Waals surface area (Å²) >= 11 is 3.53. The Kier molecular flexibility index (Phi) is 28.6. The number of methoxy groups -OCH3 is 2. The molecule has 0 N–H and O–H groups in total. The lowest BCUT2D eigenvalue weighted by molar-refractivity contribution is -0.141. The Bertz CT molecular complexity index is 1730. The van der Waals surface area contributed by atoms with Gasteiger partial charge in [0.1, 0.15) is 21.9 Å². The Labute approximate surface area is 407 Å². The first-order chi connectivity index (χ1) is 31.5. The largest absolute Gasteiger partial charge is 0.469 e. The number of benzene rings is 2. The summed E-state index contributed by atoms with van der Waals surface area (Å²) in [5.41, 5.74) is 1.24. The van der Waals surface area contributed by atoms with E-state index < -0.39 is 11.2 Å². The van der Waals surface area contributed by atoms with Gasteiger partial charge < -0.3 is 18.9 Å². The topological polar surface area (TPSA) is 112 Å².